The number of benzene rings is 1. The molecular weight excluding hydrogens is 304 g/mol. The first-order chi connectivity index (χ1) is 9.00. The Balaban J connectivity index is 1.97. The number of hydrogen-bond acceptors (Lipinski definition) is 2. The van der Waals surface area contributed by atoms with Gasteiger partial charge in [-0.3, -0.25) is 4.79 Å². The molecule has 4 heteroatoms. The first-order valence-electron chi connectivity index (χ1n) is 6.83. The van der Waals surface area contributed by atoms with Crippen LogP contribution in [0.3, 0.4) is 0 Å². The first kappa shape index (κ1) is 14.5. The lowest BCUT2D eigenvalue weighted by Crippen LogP contribution is -2.51. The third kappa shape index (κ3) is 3.80. The summed E-state index contributed by atoms with van der Waals surface area (Å²) in [7, 11) is 0. The van der Waals surface area contributed by atoms with Crippen LogP contribution < -0.4 is 11.1 Å². The van der Waals surface area contributed by atoms with Gasteiger partial charge in [-0.1, -0.05) is 25.3 Å². The quantitative estimate of drug-likeness (QED) is 0.897. The van der Waals surface area contributed by atoms with Crippen molar-refractivity contribution in [1.82, 2.24) is 5.32 Å². The van der Waals surface area contributed by atoms with Crippen LogP contribution in [0.4, 0.5) is 0 Å². The molecular formula is C15H21BrN2O. The molecule has 3 N–H and O–H groups in total. The zero-order chi connectivity index (χ0) is 13.9. The molecule has 1 aliphatic carbocycles. The van der Waals surface area contributed by atoms with Crippen LogP contribution in [0.25, 0.3) is 0 Å². The predicted octanol–water partition coefficient (Wildman–Crippen LogP) is 3.15. The van der Waals surface area contributed by atoms with Gasteiger partial charge in [-0.2, -0.15) is 0 Å². The maximum Gasteiger partial charge on any atom is 0.252 e. The standard InChI is InChI=1S/C15H21BrN2O/c1-11-5-6-12(13(16)9-11)14(19)18-10-15(17)7-3-2-4-8-15/h5-6,9H,2-4,7-8,10,17H2,1H3,(H,18,19). The smallest absolute Gasteiger partial charge is 0.252 e. The molecule has 0 atom stereocenters. The van der Waals surface area contributed by atoms with Crippen LogP contribution in [0.15, 0.2) is 22.7 Å². The van der Waals surface area contributed by atoms with Gasteiger partial charge in [0, 0.05) is 16.6 Å². The van der Waals surface area contributed by atoms with Crippen molar-refractivity contribution in [3.05, 3.63) is 33.8 Å². The largest absolute Gasteiger partial charge is 0.350 e. The van der Waals surface area contributed by atoms with Crippen LogP contribution in [0.5, 0.6) is 0 Å². The molecule has 0 aliphatic heterocycles. The van der Waals surface area contributed by atoms with Gasteiger partial charge in [0.05, 0.1) is 5.56 Å². The van der Waals surface area contributed by atoms with E-state index in [1.54, 1.807) is 0 Å². The Hall–Kier alpha value is -0.870. The van der Waals surface area contributed by atoms with Crippen molar-refractivity contribution < 1.29 is 4.79 Å². The summed E-state index contributed by atoms with van der Waals surface area (Å²) in [5, 5.41) is 2.98. The summed E-state index contributed by atoms with van der Waals surface area (Å²) in [6.07, 6.45) is 5.60. The molecule has 19 heavy (non-hydrogen) atoms. The summed E-state index contributed by atoms with van der Waals surface area (Å²) < 4.78 is 0.833. The van der Waals surface area contributed by atoms with Crippen molar-refractivity contribution in [2.45, 2.75) is 44.6 Å². The molecule has 0 saturated heterocycles. The molecule has 0 unspecified atom stereocenters. The van der Waals surface area contributed by atoms with E-state index < -0.39 is 0 Å². The molecule has 0 aromatic heterocycles. The highest BCUT2D eigenvalue weighted by Gasteiger charge is 2.28. The van der Waals surface area contributed by atoms with Crippen molar-refractivity contribution in [3.63, 3.8) is 0 Å². The number of rotatable bonds is 3. The van der Waals surface area contributed by atoms with E-state index in [1.165, 1.54) is 19.3 Å². The monoisotopic (exact) mass is 324 g/mol. The topological polar surface area (TPSA) is 55.1 Å². The maximum absolute atomic E-state index is 12.2. The van der Waals surface area contributed by atoms with E-state index in [4.69, 9.17) is 5.73 Å². The SMILES string of the molecule is Cc1ccc(C(=O)NCC2(N)CCCCC2)c(Br)c1. The van der Waals surface area contributed by atoms with Gasteiger partial charge in [0.15, 0.2) is 0 Å². The van der Waals surface area contributed by atoms with Crippen molar-refractivity contribution in [3.8, 4) is 0 Å². The van der Waals surface area contributed by atoms with Crippen LogP contribution in [-0.2, 0) is 0 Å². The fraction of sp³-hybridized carbons (Fsp3) is 0.533. The molecule has 3 nitrogen and oxygen atoms in total. The Kier molecular flexibility index (Phi) is 4.63. The maximum atomic E-state index is 12.2. The molecule has 104 valence electrons. The van der Waals surface area contributed by atoms with Gasteiger partial charge in [-0.25, -0.2) is 0 Å². The van der Waals surface area contributed by atoms with Crippen molar-refractivity contribution in [1.29, 1.82) is 0 Å². The van der Waals surface area contributed by atoms with Crippen LogP contribution >= 0.6 is 15.9 Å². The van der Waals surface area contributed by atoms with Gasteiger partial charge in [0.25, 0.3) is 5.91 Å². The summed E-state index contributed by atoms with van der Waals surface area (Å²) in [5.74, 6) is -0.0535. The Bertz CT molecular complexity index is 467. The molecule has 1 aromatic carbocycles. The average molecular weight is 325 g/mol. The minimum absolute atomic E-state index is 0.0535. The summed E-state index contributed by atoms with van der Waals surface area (Å²) in [5.41, 5.74) is 7.91. The Morgan fingerprint density at radius 3 is 2.68 bits per heavy atom. The number of amides is 1. The fourth-order valence-electron chi connectivity index (χ4n) is 2.59. The van der Waals surface area contributed by atoms with Gasteiger partial charge in [-0.05, 0) is 53.4 Å². The number of nitrogens with two attached hydrogens (primary N) is 1. The minimum Gasteiger partial charge on any atom is -0.350 e. The van der Waals surface area contributed by atoms with E-state index in [-0.39, 0.29) is 11.4 Å². The molecule has 1 fully saturated rings. The molecule has 0 spiro atoms. The number of carbonyl (C=O) groups is 1. The van der Waals surface area contributed by atoms with Crippen LogP contribution in [-0.4, -0.2) is 18.0 Å². The molecule has 1 saturated carbocycles. The molecule has 1 aromatic rings. The zero-order valence-electron chi connectivity index (χ0n) is 11.3. The van der Waals surface area contributed by atoms with E-state index in [9.17, 15) is 4.79 Å². The van der Waals surface area contributed by atoms with Crippen LogP contribution in [0.1, 0.15) is 48.0 Å². The second kappa shape index (κ2) is 6.06. The van der Waals surface area contributed by atoms with Gasteiger partial charge in [-0.15, -0.1) is 0 Å². The third-order valence-corrected chi connectivity index (χ3v) is 4.48. The number of aryl methyl sites for hydroxylation is 1. The molecule has 0 radical (unpaired) electrons. The Morgan fingerprint density at radius 2 is 2.05 bits per heavy atom. The number of carbonyl (C=O) groups excluding carboxylic acids is 1. The van der Waals surface area contributed by atoms with Gasteiger partial charge in [0.2, 0.25) is 0 Å². The number of hydrogen-bond donors (Lipinski definition) is 2. The molecule has 1 aliphatic rings. The summed E-state index contributed by atoms with van der Waals surface area (Å²) in [4.78, 5) is 12.2. The summed E-state index contributed by atoms with van der Waals surface area (Å²) in [6, 6.07) is 5.74. The number of halogens is 1. The Labute approximate surface area is 123 Å². The van der Waals surface area contributed by atoms with Crippen molar-refractivity contribution in [2.75, 3.05) is 6.54 Å². The summed E-state index contributed by atoms with van der Waals surface area (Å²) >= 11 is 3.44. The molecule has 1 amide bonds. The van der Waals surface area contributed by atoms with E-state index in [0.717, 1.165) is 22.9 Å². The third-order valence-electron chi connectivity index (χ3n) is 3.82. The van der Waals surface area contributed by atoms with Crippen molar-refractivity contribution >= 4 is 21.8 Å². The lowest BCUT2D eigenvalue weighted by Gasteiger charge is -2.33. The highest BCUT2D eigenvalue weighted by Crippen LogP contribution is 2.25. The second-order valence-electron chi connectivity index (χ2n) is 5.59. The Morgan fingerprint density at radius 1 is 1.37 bits per heavy atom. The normalized spacial score (nSPS) is 18.1. The second-order valence-corrected chi connectivity index (χ2v) is 6.44. The van der Waals surface area contributed by atoms with E-state index >= 15 is 0 Å². The highest BCUT2D eigenvalue weighted by molar-refractivity contribution is 9.10. The van der Waals surface area contributed by atoms with Crippen LogP contribution in [0, 0.1) is 6.92 Å². The van der Waals surface area contributed by atoms with Gasteiger partial charge < -0.3 is 11.1 Å². The van der Waals surface area contributed by atoms with Crippen LogP contribution in [0.2, 0.25) is 0 Å². The van der Waals surface area contributed by atoms with Gasteiger partial charge >= 0.3 is 0 Å². The summed E-state index contributed by atoms with van der Waals surface area (Å²) in [6.45, 7) is 2.56. The number of nitrogens with one attached hydrogen (secondary N) is 1. The highest BCUT2D eigenvalue weighted by atomic mass is 79.9. The predicted molar refractivity (Wildman–Crippen MR) is 81.2 cm³/mol. The van der Waals surface area contributed by atoms with E-state index in [2.05, 4.69) is 21.2 Å². The first-order valence-corrected chi connectivity index (χ1v) is 7.63. The van der Waals surface area contributed by atoms with E-state index in [1.807, 2.05) is 25.1 Å². The fourth-order valence-corrected chi connectivity index (χ4v) is 3.26. The zero-order valence-corrected chi connectivity index (χ0v) is 12.9. The molecule has 0 bridgehead atoms. The van der Waals surface area contributed by atoms with Crippen molar-refractivity contribution in [2.24, 2.45) is 5.73 Å². The molecule has 2 rings (SSSR count). The van der Waals surface area contributed by atoms with E-state index in [0.29, 0.717) is 12.1 Å². The lowest BCUT2D eigenvalue weighted by atomic mass is 9.82. The van der Waals surface area contributed by atoms with Gasteiger partial charge in [0.1, 0.15) is 0 Å². The lowest BCUT2D eigenvalue weighted by molar-refractivity contribution is 0.0937. The minimum atomic E-state index is -0.217. The molecule has 0 heterocycles. The average Bonchev–Trinajstić information content (AvgIpc) is 2.37.